The van der Waals surface area contributed by atoms with E-state index in [1.165, 1.54) is 28.9 Å². The van der Waals surface area contributed by atoms with Gasteiger partial charge in [-0.05, 0) is 31.2 Å². The molecule has 3 aromatic rings. The zero-order valence-corrected chi connectivity index (χ0v) is 15.6. The maximum atomic E-state index is 13.7. The molecule has 28 heavy (non-hydrogen) atoms. The highest BCUT2D eigenvalue weighted by Gasteiger charge is 2.16. The van der Waals surface area contributed by atoms with Crippen molar-refractivity contribution in [2.75, 3.05) is 0 Å². The average Bonchev–Trinajstić information content (AvgIpc) is 3.08. The van der Waals surface area contributed by atoms with Gasteiger partial charge in [0.05, 0.1) is 11.4 Å². The molecule has 5 nitrogen and oxygen atoms in total. The predicted molar refractivity (Wildman–Crippen MR) is 98.0 cm³/mol. The van der Waals surface area contributed by atoms with Crippen molar-refractivity contribution in [2.45, 2.75) is 26.4 Å². The van der Waals surface area contributed by atoms with Crippen LogP contribution in [0.2, 0.25) is 5.02 Å². The second kappa shape index (κ2) is 8.43. The van der Waals surface area contributed by atoms with Gasteiger partial charge in [0.25, 0.3) is 0 Å². The van der Waals surface area contributed by atoms with Crippen LogP contribution < -0.4 is 5.32 Å². The van der Waals surface area contributed by atoms with Gasteiger partial charge in [0.1, 0.15) is 11.6 Å². The first-order chi connectivity index (χ1) is 13.4. The third-order valence-corrected chi connectivity index (χ3v) is 4.36. The summed E-state index contributed by atoms with van der Waals surface area (Å²) in [5.74, 6) is -2.37. The van der Waals surface area contributed by atoms with Crippen LogP contribution in [0.15, 0.2) is 36.4 Å². The van der Waals surface area contributed by atoms with Crippen LogP contribution in [0.1, 0.15) is 18.3 Å². The third-order valence-electron chi connectivity index (χ3n) is 4.05. The van der Waals surface area contributed by atoms with Crippen LogP contribution in [0.5, 0.6) is 0 Å². The highest BCUT2D eigenvalue weighted by Crippen LogP contribution is 2.22. The molecule has 0 atom stereocenters. The number of halogens is 4. The van der Waals surface area contributed by atoms with Crippen molar-refractivity contribution in [3.8, 4) is 11.4 Å². The van der Waals surface area contributed by atoms with Crippen molar-refractivity contribution in [2.24, 2.45) is 0 Å². The van der Waals surface area contributed by atoms with Crippen molar-refractivity contribution < 1.29 is 18.0 Å². The summed E-state index contributed by atoms with van der Waals surface area (Å²) in [5, 5.41) is 6.79. The summed E-state index contributed by atoms with van der Waals surface area (Å²) in [7, 11) is 0. The van der Waals surface area contributed by atoms with Crippen LogP contribution in [0, 0.1) is 17.5 Å². The van der Waals surface area contributed by atoms with E-state index < -0.39 is 23.4 Å². The maximum absolute atomic E-state index is 13.7. The van der Waals surface area contributed by atoms with Gasteiger partial charge in [-0.25, -0.2) is 22.8 Å². The number of nitrogens with one attached hydrogen (secondary N) is 1. The lowest BCUT2D eigenvalue weighted by Gasteiger charge is -2.07. The predicted octanol–water partition coefficient (Wildman–Crippen LogP) is 3.89. The number of benzene rings is 2. The molecule has 0 unspecified atom stereocenters. The Kier molecular flexibility index (Phi) is 5.99. The van der Waals surface area contributed by atoms with Crippen molar-refractivity contribution >= 4 is 17.5 Å². The number of carbonyl (C=O) groups is 1. The first kappa shape index (κ1) is 19.9. The van der Waals surface area contributed by atoms with Gasteiger partial charge in [0.2, 0.25) is 5.91 Å². The SMILES string of the molecule is CCn1nc(-c2ccc(Cl)c(F)c2)nc1CC(=O)NCc1cccc(F)c1F. The summed E-state index contributed by atoms with van der Waals surface area (Å²) in [5.41, 5.74) is 0.472. The fourth-order valence-electron chi connectivity index (χ4n) is 2.60. The van der Waals surface area contributed by atoms with E-state index in [-0.39, 0.29) is 29.4 Å². The Balaban J connectivity index is 1.72. The van der Waals surface area contributed by atoms with Gasteiger partial charge < -0.3 is 5.32 Å². The zero-order chi connectivity index (χ0) is 20.3. The maximum Gasteiger partial charge on any atom is 0.227 e. The normalized spacial score (nSPS) is 10.9. The molecule has 9 heteroatoms. The van der Waals surface area contributed by atoms with Crippen LogP contribution >= 0.6 is 11.6 Å². The second-order valence-corrected chi connectivity index (χ2v) is 6.37. The Labute approximate surface area is 164 Å². The van der Waals surface area contributed by atoms with Crippen molar-refractivity contribution in [1.82, 2.24) is 20.1 Å². The molecule has 146 valence electrons. The first-order valence-electron chi connectivity index (χ1n) is 8.47. The minimum Gasteiger partial charge on any atom is -0.352 e. The highest BCUT2D eigenvalue weighted by atomic mass is 35.5. The molecule has 1 amide bonds. The van der Waals surface area contributed by atoms with E-state index in [0.29, 0.717) is 17.9 Å². The Morgan fingerprint density at radius 3 is 2.68 bits per heavy atom. The molecule has 0 saturated carbocycles. The van der Waals surface area contributed by atoms with Gasteiger partial charge in [-0.15, -0.1) is 0 Å². The Morgan fingerprint density at radius 1 is 1.18 bits per heavy atom. The van der Waals surface area contributed by atoms with Gasteiger partial charge in [0, 0.05) is 24.2 Å². The second-order valence-electron chi connectivity index (χ2n) is 5.96. The molecule has 0 aliphatic carbocycles. The Hall–Kier alpha value is -2.87. The molecule has 2 aromatic carbocycles. The van der Waals surface area contributed by atoms with E-state index in [0.717, 1.165) is 6.07 Å². The van der Waals surface area contributed by atoms with Crippen LogP contribution in [0.4, 0.5) is 13.2 Å². The molecular formula is C19H16ClF3N4O. The smallest absolute Gasteiger partial charge is 0.227 e. The summed E-state index contributed by atoms with van der Waals surface area (Å²) >= 11 is 5.68. The number of rotatable bonds is 6. The molecule has 0 aliphatic rings. The summed E-state index contributed by atoms with van der Waals surface area (Å²) in [4.78, 5) is 16.5. The number of hydrogen-bond donors (Lipinski definition) is 1. The Morgan fingerprint density at radius 2 is 1.96 bits per heavy atom. The van der Waals surface area contributed by atoms with E-state index in [1.54, 1.807) is 6.07 Å². The molecule has 1 heterocycles. The number of carbonyl (C=O) groups excluding carboxylic acids is 1. The van der Waals surface area contributed by atoms with Crippen LogP contribution in [0.25, 0.3) is 11.4 Å². The number of amides is 1. The molecular weight excluding hydrogens is 393 g/mol. The van der Waals surface area contributed by atoms with Crippen molar-refractivity contribution in [3.05, 3.63) is 70.3 Å². The quantitative estimate of drug-likeness (QED) is 0.673. The molecule has 0 aliphatic heterocycles. The van der Waals surface area contributed by atoms with Crippen molar-refractivity contribution in [3.63, 3.8) is 0 Å². The van der Waals surface area contributed by atoms with Gasteiger partial charge in [-0.1, -0.05) is 23.7 Å². The van der Waals surface area contributed by atoms with Gasteiger partial charge in [0.15, 0.2) is 17.5 Å². The average molecular weight is 409 g/mol. The zero-order valence-electron chi connectivity index (χ0n) is 14.8. The van der Waals surface area contributed by atoms with E-state index in [1.807, 2.05) is 6.92 Å². The summed E-state index contributed by atoms with van der Waals surface area (Å²) < 4.78 is 42.1. The minimum absolute atomic E-state index is 0.0112. The summed E-state index contributed by atoms with van der Waals surface area (Å²) in [6.45, 7) is 2.12. The molecule has 0 bridgehead atoms. The van der Waals surface area contributed by atoms with E-state index in [4.69, 9.17) is 11.6 Å². The first-order valence-corrected chi connectivity index (χ1v) is 8.85. The lowest BCUT2D eigenvalue weighted by molar-refractivity contribution is -0.120. The number of hydrogen-bond acceptors (Lipinski definition) is 3. The lowest BCUT2D eigenvalue weighted by atomic mass is 10.2. The molecule has 0 spiro atoms. The molecule has 0 saturated heterocycles. The number of aromatic nitrogens is 3. The van der Waals surface area contributed by atoms with Gasteiger partial charge in [-0.3, -0.25) is 4.79 Å². The van der Waals surface area contributed by atoms with E-state index in [9.17, 15) is 18.0 Å². The number of nitrogens with zero attached hydrogens (tertiary/aromatic N) is 3. The topological polar surface area (TPSA) is 59.8 Å². The minimum atomic E-state index is -0.994. The lowest BCUT2D eigenvalue weighted by Crippen LogP contribution is -2.26. The van der Waals surface area contributed by atoms with E-state index in [2.05, 4.69) is 15.4 Å². The van der Waals surface area contributed by atoms with Gasteiger partial charge in [-0.2, -0.15) is 5.10 Å². The molecule has 0 radical (unpaired) electrons. The van der Waals surface area contributed by atoms with Gasteiger partial charge >= 0.3 is 0 Å². The monoisotopic (exact) mass is 408 g/mol. The molecule has 3 rings (SSSR count). The summed E-state index contributed by atoms with van der Waals surface area (Å²) in [6.07, 6.45) is -0.117. The van der Waals surface area contributed by atoms with Crippen LogP contribution in [0.3, 0.4) is 0 Å². The number of aryl methyl sites for hydroxylation is 1. The van der Waals surface area contributed by atoms with Crippen LogP contribution in [-0.4, -0.2) is 20.7 Å². The largest absolute Gasteiger partial charge is 0.352 e. The van der Waals surface area contributed by atoms with Crippen LogP contribution in [-0.2, 0) is 24.3 Å². The third kappa shape index (κ3) is 4.33. The molecule has 1 N–H and O–H groups in total. The summed E-state index contributed by atoms with van der Waals surface area (Å²) in [6, 6.07) is 7.96. The fourth-order valence-corrected chi connectivity index (χ4v) is 2.72. The standard InChI is InChI=1S/C19H16ClF3N4O/c1-2-27-16(25-19(26-27)11-6-7-13(20)15(22)8-11)9-17(28)24-10-12-4-3-5-14(21)18(12)23/h3-8H,2,9-10H2,1H3,(H,24,28). The van der Waals surface area contributed by atoms with Crippen molar-refractivity contribution in [1.29, 1.82) is 0 Å². The fraction of sp³-hybridized carbons (Fsp3) is 0.211. The Bertz CT molecular complexity index is 1020. The molecule has 0 fully saturated rings. The molecule has 1 aromatic heterocycles. The highest BCUT2D eigenvalue weighted by molar-refractivity contribution is 6.30. The van der Waals surface area contributed by atoms with E-state index >= 15 is 0 Å².